The Bertz CT molecular complexity index is 4860. The molecule has 4 aliphatic rings. The molecule has 0 N–H and O–H groups in total. The molecule has 2 unspecified atom stereocenters. The Morgan fingerprint density at radius 2 is 0.831 bits per heavy atom. The smallest absolute Gasteiger partial charge is 0.217 e. The predicted octanol–water partition coefficient (Wildman–Crippen LogP) is 9.66. The highest BCUT2D eigenvalue weighted by molar-refractivity contribution is 6.30. The number of hydrogen-bond donors (Lipinski definition) is 0. The zero-order chi connectivity index (χ0) is 60.9. The number of Topliss-reactive ketones (excluding diaryl/α,β-unsaturated/α-hetero) is 4. The third-order valence-electron chi connectivity index (χ3n) is 17.6. The maximum Gasteiger partial charge on any atom is 0.217 e. The van der Waals surface area contributed by atoms with E-state index in [4.69, 9.17) is 9.98 Å². The Kier molecular flexibility index (Phi) is 14.7. The van der Waals surface area contributed by atoms with E-state index in [0.29, 0.717) is 55.1 Å². The highest BCUT2D eigenvalue weighted by Crippen LogP contribution is 2.39. The molecule has 2 atom stereocenters. The van der Waals surface area contributed by atoms with Crippen molar-refractivity contribution in [2.24, 2.45) is 9.98 Å². The van der Waals surface area contributed by atoms with Gasteiger partial charge in [0, 0.05) is 98.7 Å². The molecule has 4 aromatic carbocycles. The summed E-state index contributed by atoms with van der Waals surface area (Å²) in [4.78, 5) is 61.7. The number of carbonyl (C=O) groups excluding carboxylic acids is 4. The van der Waals surface area contributed by atoms with Crippen LogP contribution in [-0.4, -0.2) is 49.7 Å². The van der Waals surface area contributed by atoms with E-state index in [1.165, 1.54) is 0 Å². The Labute approximate surface area is 516 Å². The summed E-state index contributed by atoms with van der Waals surface area (Å²) in [5.74, 6) is -0.241. The minimum atomic E-state index is -0.359. The van der Waals surface area contributed by atoms with E-state index in [2.05, 4.69) is 174 Å². The second-order valence-electron chi connectivity index (χ2n) is 23.3. The van der Waals surface area contributed by atoms with Gasteiger partial charge < -0.3 is 9.13 Å². The fourth-order valence-electron chi connectivity index (χ4n) is 13.0. The molecule has 14 rings (SSSR count). The quantitative estimate of drug-likeness (QED) is 0.0708. The van der Waals surface area contributed by atoms with Crippen LogP contribution in [0, 0.1) is 0 Å². The van der Waals surface area contributed by atoms with Crippen LogP contribution in [0.1, 0.15) is 131 Å². The van der Waals surface area contributed by atoms with Crippen LogP contribution in [0.4, 0.5) is 0 Å². The zero-order valence-corrected chi connectivity index (χ0v) is 50.0. The first-order valence-electron chi connectivity index (χ1n) is 30.2. The topological polar surface area (TPSA) is 118 Å². The number of rotatable bonds is 16. The number of fused-ring (bicyclic) bond motifs is 2. The number of hydrogen-bond acceptors (Lipinski definition) is 6. The minimum Gasteiger partial charge on any atom is -0.325 e. The molecule has 12 heteroatoms. The van der Waals surface area contributed by atoms with Crippen LogP contribution < -0.4 is 29.0 Å². The van der Waals surface area contributed by atoms with Gasteiger partial charge in [0.1, 0.15) is 5.92 Å². The highest BCUT2D eigenvalue weighted by atomic mass is 16.1. The summed E-state index contributed by atoms with van der Waals surface area (Å²) in [5.41, 5.74) is 18.1. The number of carbonyl (C=O) groups is 4. The Balaban J connectivity index is 1.07. The lowest BCUT2D eigenvalue weighted by Crippen LogP contribution is -2.45. The summed E-state index contributed by atoms with van der Waals surface area (Å²) in [5, 5.41) is 1.91. The van der Waals surface area contributed by atoms with Crippen molar-refractivity contribution in [3.05, 3.63) is 338 Å². The van der Waals surface area contributed by atoms with Gasteiger partial charge in [0.25, 0.3) is 0 Å². The number of aliphatic imine (C=N–C) groups is 2. The molecule has 6 aromatic heterocycles. The van der Waals surface area contributed by atoms with Gasteiger partial charge in [-0.25, -0.2) is 4.99 Å². The molecular weight excluding hydrogens is 1100 g/mol. The van der Waals surface area contributed by atoms with E-state index in [0.717, 1.165) is 101 Å². The lowest BCUT2D eigenvalue weighted by Gasteiger charge is -2.25. The summed E-state index contributed by atoms with van der Waals surface area (Å²) in [7, 11) is 0. The summed E-state index contributed by atoms with van der Waals surface area (Å²) >= 11 is 0. The molecule has 89 heavy (non-hydrogen) atoms. The average Bonchev–Trinajstić information content (AvgIpc) is 1.89. The molecule has 0 aliphatic carbocycles. The normalized spacial score (nSPS) is 17.5. The standard InChI is InChI=1S/C77H64N8O4/c1-50(86)58-25-17-54(18-26-58)45-80-41-9-5-13-66(80)74-62-33-34-63(78-62)75(67-14-6-10-42-81(67)46-55-19-27-59(28-20-55)51(2)87)72-39-40-73-77(69-16-8-12-44-83(69)48-57-23-31-61(32-24-57)53(4)89)65-36-35-64(79-65)76(71-38-37-70(74)84(71)49-85(72)73)68-15-7-11-43-82(68)47-56-21-29-60(30-22-56)52(3)88/h5-44,62,74H,45-49H2,1-4H3/q+4. The van der Waals surface area contributed by atoms with Crippen LogP contribution >= 0.6 is 0 Å². The fraction of sp³-hybridized carbons (Fsp3) is 0.143. The molecule has 6 bridgehead atoms. The molecule has 0 fully saturated rings. The number of pyridine rings is 4. The van der Waals surface area contributed by atoms with E-state index in [1.807, 2.05) is 97.1 Å². The molecule has 12 nitrogen and oxygen atoms in total. The molecule has 0 saturated heterocycles. The second kappa shape index (κ2) is 23.4. The first-order chi connectivity index (χ1) is 43.4. The van der Waals surface area contributed by atoms with Crippen molar-refractivity contribution >= 4 is 51.3 Å². The molecule has 4 aliphatic heterocycles. The van der Waals surface area contributed by atoms with Crippen LogP contribution in [0.25, 0.3) is 16.7 Å². The van der Waals surface area contributed by atoms with Crippen molar-refractivity contribution in [1.82, 2.24) is 9.13 Å². The highest BCUT2D eigenvalue weighted by Gasteiger charge is 2.40. The van der Waals surface area contributed by atoms with Gasteiger partial charge in [0.15, 0.2) is 79.8 Å². The Hall–Kier alpha value is -11.0. The van der Waals surface area contributed by atoms with Crippen LogP contribution in [0.3, 0.4) is 0 Å². The van der Waals surface area contributed by atoms with Crippen molar-refractivity contribution in [3.63, 3.8) is 0 Å². The molecule has 0 saturated carbocycles. The lowest BCUT2D eigenvalue weighted by molar-refractivity contribution is -0.696. The summed E-state index contributed by atoms with van der Waals surface area (Å²) < 4.78 is 14.1. The zero-order valence-electron chi connectivity index (χ0n) is 50.0. The number of nitrogens with zero attached hydrogens (tertiary/aromatic N) is 8. The first-order valence-corrected chi connectivity index (χ1v) is 30.2. The Morgan fingerprint density at radius 1 is 0.416 bits per heavy atom. The maximum atomic E-state index is 12.5. The lowest BCUT2D eigenvalue weighted by atomic mass is 9.91. The van der Waals surface area contributed by atoms with Gasteiger partial charge in [-0.3, -0.25) is 24.2 Å². The Morgan fingerprint density at radius 3 is 1.29 bits per heavy atom. The molecule has 432 valence electrons. The van der Waals surface area contributed by atoms with Crippen molar-refractivity contribution in [2.45, 2.75) is 72.5 Å². The van der Waals surface area contributed by atoms with Crippen molar-refractivity contribution in [1.29, 1.82) is 0 Å². The van der Waals surface area contributed by atoms with Crippen LogP contribution in [0.5, 0.6) is 0 Å². The summed E-state index contributed by atoms with van der Waals surface area (Å²) in [6.07, 6.45) is 17.3. The fourth-order valence-corrected chi connectivity index (χ4v) is 13.0. The van der Waals surface area contributed by atoms with Gasteiger partial charge in [0.2, 0.25) is 17.1 Å². The van der Waals surface area contributed by atoms with E-state index in [1.54, 1.807) is 27.7 Å². The summed E-state index contributed by atoms with van der Waals surface area (Å²) in [6, 6.07) is 65.7. The monoisotopic (exact) mass is 1160 g/mol. The number of benzene rings is 4. The van der Waals surface area contributed by atoms with E-state index in [9.17, 15) is 19.2 Å². The summed E-state index contributed by atoms with van der Waals surface area (Å²) in [6.45, 7) is 8.90. The first kappa shape index (κ1) is 55.9. The van der Waals surface area contributed by atoms with Gasteiger partial charge in [-0.2, -0.15) is 18.3 Å². The van der Waals surface area contributed by atoms with Gasteiger partial charge in [-0.05, 0) is 88.4 Å². The molecule has 10 heterocycles. The van der Waals surface area contributed by atoms with Gasteiger partial charge in [-0.15, -0.1) is 0 Å². The van der Waals surface area contributed by atoms with E-state index in [-0.39, 0.29) is 35.1 Å². The van der Waals surface area contributed by atoms with Crippen molar-refractivity contribution < 1.29 is 37.4 Å². The minimum absolute atomic E-state index is 0.0205. The van der Waals surface area contributed by atoms with Crippen LogP contribution in [0.2, 0.25) is 0 Å². The molecule has 0 amide bonds. The van der Waals surface area contributed by atoms with E-state index >= 15 is 0 Å². The number of aromatic nitrogens is 6. The van der Waals surface area contributed by atoms with Crippen LogP contribution in [0.15, 0.2) is 259 Å². The van der Waals surface area contributed by atoms with Crippen molar-refractivity contribution in [3.8, 4) is 0 Å². The molecule has 0 spiro atoms. The largest absolute Gasteiger partial charge is 0.325 e. The number of ketones is 4. The van der Waals surface area contributed by atoms with Crippen LogP contribution in [-0.2, 0) is 32.8 Å². The molecule has 0 radical (unpaired) electrons. The molecular formula is C77H64N8O4+4. The predicted molar refractivity (Wildman–Crippen MR) is 342 cm³/mol. The van der Waals surface area contributed by atoms with E-state index < -0.39 is 0 Å². The van der Waals surface area contributed by atoms with Gasteiger partial charge in [-0.1, -0.05) is 109 Å². The third kappa shape index (κ3) is 10.7. The van der Waals surface area contributed by atoms with Gasteiger partial charge in [0.05, 0.1) is 62.9 Å². The number of allylic oxidation sites excluding steroid dienone is 3. The molecule has 10 aromatic rings. The average molecular weight is 1170 g/mol. The second-order valence-corrected chi connectivity index (χ2v) is 23.3. The SMILES string of the molecule is CC(=O)c1ccc(C[n+]2ccccc2/C2=C3\C=CC(=N3)/C(c3cccc[n+]3Cc3ccc(C(C)=O)cc3)=c3/cc/c4n3Cn3c2ccc3C(c2cccc[n+]2Cc2ccc(C(C)=O)cc2)C2C=CC(=N2)\C=4c2cccc[n+]2Cc2ccc(C(C)=O)cc2)cc1. The maximum absolute atomic E-state index is 12.5. The van der Waals surface area contributed by atoms with Gasteiger partial charge >= 0.3 is 0 Å². The third-order valence-corrected chi connectivity index (χ3v) is 17.6. The van der Waals surface area contributed by atoms with Crippen molar-refractivity contribution in [2.75, 3.05) is 0 Å².